The van der Waals surface area contributed by atoms with Crippen molar-refractivity contribution in [3.05, 3.63) is 30.1 Å². The van der Waals surface area contributed by atoms with E-state index < -0.39 is 12.1 Å². The molecule has 0 aliphatic carbocycles. The second-order valence-electron chi connectivity index (χ2n) is 10.8. The summed E-state index contributed by atoms with van der Waals surface area (Å²) in [7, 11) is 1.69. The van der Waals surface area contributed by atoms with Gasteiger partial charge < -0.3 is 34.3 Å². The van der Waals surface area contributed by atoms with Crippen LogP contribution in [0.4, 0.5) is 13.2 Å². The number of benzene rings is 1. The van der Waals surface area contributed by atoms with Gasteiger partial charge >= 0.3 is 12.1 Å². The molecule has 11 nitrogen and oxygen atoms in total. The molecule has 1 aromatic carbocycles. The Kier molecular flexibility index (Phi) is 12.1. The Hall–Kier alpha value is -3.23. The minimum atomic E-state index is -5.08. The molecule has 0 bridgehead atoms. The summed E-state index contributed by atoms with van der Waals surface area (Å²) in [6.45, 7) is 9.91. The van der Waals surface area contributed by atoms with Gasteiger partial charge in [-0.2, -0.15) is 13.2 Å². The lowest BCUT2D eigenvalue weighted by Crippen LogP contribution is -2.56. The molecule has 4 rings (SSSR count). The van der Waals surface area contributed by atoms with Crippen molar-refractivity contribution in [1.29, 1.82) is 0 Å². The molecular formula is C28H40F3N5O6. The van der Waals surface area contributed by atoms with Gasteiger partial charge in [0, 0.05) is 59.0 Å². The highest BCUT2D eigenvalue weighted by Gasteiger charge is 2.38. The highest BCUT2D eigenvalue weighted by molar-refractivity contribution is 5.95. The fraction of sp³-hybridized carbons (Fsp3) is 0.643. The van der Waals surface area contributed by atoms with E-state index in [4.69, 9.17) is 24.4 Å². The van der Waals surface area contributed by atoms with E-state index in [1.165, 1.54) is 0 Å². The highest BCUT2D eigenvalue weighted by atomic mass is 19.4. The number of para-hydroxylation sites is 2. The molecule has 2 aromatic rings. The zero-order valence-corrected chi connectivity index (χ0v) is 24.2. The first-order valence-corrected chi connectivity index (χ1v) is 14.1. The van der Waals surface area contributed by atoms with Gasteiger partial charge in [0.2, 0.25) is 5.91 Å². The zero-order valence-electron chi connectivity index (χ0n) is 24.2. The molecule has 0 radical (unpaired) electrons. The van der Waals surface area contributed by atoms with Crippen LogP contribution in [-0.2, 0) is 25.6 Å². The predicted octanol–water partition coefficient (Wildman–Crippen LogP) is 2.64. The van der Waals surface area contributed by atoms with E-state index in [1.807, 2.05) is 38.6 Å². The number of piperidine rings is 1. The molecule has 234 valence electrons. The van der Waals surface area contributed by atoms with Crippen molar-refractivity contribution in [2.24, 2.45) is 11.8 Å². The van der Waals surface area contributed by atoms with Gasteiger partial charge in [0.05, 0.1) is 30.2 Å². The maximum atomic E-state index is 14.1. The van der Waals surface area contributed by atoms with Gasteiger partial charge in [-0.25, -0.2) is 9.78 Å². The SMILES string of the molecule is COCCCn1c(C(=O)N(CC(C)C)[C@@H]2CNC[C@H](C(=O)N3CCOCC3)C2)nc2ccccc21.O=C(O)C(F)(F)F. The maximum absolute atomic E-state index is 14.1. The number of carboxylic acids is 1. The van der Waals surface area contributed by atoms with Gasteiger partial charge in [-0.1, -0.05) is 26.0 Å². The largest absolute Gasteiger partial charge is 0.490 e. The number of nitrogens with zero attached hydrogens (tertiary/aromatic N) is 4. The summed E-state index contributed by atoms with van der Waals surface area (Å²) in [5.41, 5.74) is 1.78. The lowest BCUT2D eigenvalue weighted by molar-refractivity contribution is -0.192. The van der Waals surface area contributed by atoms with Crippen LogP contribution in [0.3, 0.4) is 0 Å². The van der Waals surface area contributed by atoms with Crippen molar-refractivity contribution in [2.75, 3.05) is 59.7 Å². The van der Waals surface area contributed by atoms with Gasteiger partial charge in [-0.3, -0.25) is 9.59 Å². The second-order valence-corrected chi connectivity index (χ2v) is 10.8. The Labute approximate surface area is 242 Å². The number of carbonyl (C=O) groups is 3. The zero-order chi connectivity index (χ0) is 30.9. The van der Waals surface area contributed by atoms with Crippen LogP contribution in [-0.4, -0.2) is 114 Å². The average molecular weight is 600 g/mol. The van der Waals surface area contributed by atoms with Crippen molar-refractivity contribution in [2.45, 2.75) is 45.5 Å². The van der Waals surface area contributed by atoms with Gasteiger partial charge in [-0.05, 0) is 30.9 Å². The number of alkyl halides is 3. The van der Waals surface area contributed by atoms with E-state index in [-0.39, 0.29) is 23.8 Å². The van der Waals surface area contributed by atoms with Crippen LogP contribution in [0, 0.1) is 11.8 Å². The second kappa shape index (κ2) is 15.3. The third-order valence-corrected chi connectivity index (χ3v) is 7.08. The monoisotopic (exact) mass is 599 g/mol. The summed E-state index contributed by atoms with van der Waals surface area (Å²) in [6.07, 6.45) is -3.63. The molecule has 1 aromatic heterocycles. The maximum Gasteiger partial charge on any atom is 0.490 e. The molecule has 2 amide bonds. The molecule has 0 saturated carbocycles. The van der Waals surface area contributed by atoms with E-state index >= 15 is 0 Å². The Morgan fingerprint density at radius 2 is 1.86 bits per heavy atom. The van der Waals surface area contributed by atoms with Crippen molar-refractivity contribution in [3.8, 4) is 0 Å². The molecule has 14 heteroatoms. The number of hydrogen-bond donors (Lipinski definition) is 2. The van der Waals surface area contributed by atoms with Crippen LogP contribution in [0.2, 0.25) is 0 Å². The molecule has 2 fully saturated rings. The van der Waals surface area contributed by atoms with Gasteiger partial charge in [0.25, 0.3) is 5.91 Å². The van der Waals surface area contributed by atoms with Crippen LogP contribution in [0.15, 0.2) is 24.3 Å². The molecule has 42 heavy (non-hydrogen) atoms. The molecule has 2 N–H and O–H groups in total. The summed E-state index contributed by atoms with van der Waals surface area (Å²) in [4.78, 5) is 44.8. The summed E-state index contributed by atoms with van der Waals surface area (Å²) < 4.78 is 44.4. The first-order valence-electron chi connectivity index (χ1n) is 14.1. The van der Waals surface area contributed by atoms with Crippen LogP contribution in [0.25, 0.3) is 11.0 Å². The summed E-state index contributed by atoms with van der Waals surface area (Å²) in [5, 5.41) is 10.6. The number of amides is 2. The quantitative estimate of drug-likeness (QED) is 0.422. The molecule has 2 atom stereocenters. The van der Waals surface area contributed by atoms with Crippen LogP contribution in [0.5, 0.6) is 0 Å². The van der Waals surface area contributed by atoms with E-state index in [2.05, 4.69) is 19.2 Å². The van der Waals surface area contributed by atoms with Crippen LogP contribution in [0.1, 0.15) is 37.3 Å². The molecule has 0 unspecified atom stereocenters. The number of hydrogen-bond acceptors (Lipinski definition) is 7. The number of imidazole rings is 1. The summed E-state index contributed by atoms with van der Waals surface area (Å²) in [5.74, 6) is -2.06. The number of nitrogens with one attached hydrogen (secondary N) is 1. The van der Waals surface area contributed by atoms with E-state index in [1.54, 1.807) is 7.11 Å². The third-order valence-electron chi connectivity index (χ3n) is 7.08. The first kappa shape index (κ1) is 33.3. The fourth-order valence-electron chi connectivity index (χ4n) is 5.14. The number of ether oxygens (including phenoxy) is 2. The number of aryl methyl sites for hydroxylation is 1. The van der Waals surface area contributed by atoms with Gasteiger partial charge in [0.1, 0.15) is 0 Å². The number of rotatable bonds is 9. The molecular weight excluding hydrogens is 559 g/mol. The molecule has 2 saturated heterocycles. The Balaban J connectivity index is 0.000000616. The number of carboxylic acid groups (broad SMARTS) is 1. The number of halogens is 3. The van der Waals surface area contributed by atoms with Crippen molar-refractivity contribution < 1.29 is 42.1 Å². The lowest BCUT2D eigenvalue weighted by Gasteiger charge is -2.40. The Morgan fingerprint density at radius 1 is 1.19 bits per heavy atom. The fourth-order valence-corrected chi connectivity index (χ4v) is 5.14. The number of methoxy groups -OCH3 is 1. The topological polar surface area (TPSA) is 126 Å². The number of aliphatic carboxylic acids is 1. The number of carbonyl (C=O) groups excluding carboxylic acids is 2. The minimum Gasteiger partial charge on any atom is -0.475 e. The highest BCUT2D eigenvalue weighted by Crippen LogP contribution is 2.24. The van der Waals surface area contributed by atoms with Crippen LogP contribution >= 0.6 is 0 Å². The standard InChI is InChI=1S/C26H39N5O4.C2HF3O2/c1-19(2)18-31(21-15-20(16-27-17-21)25(32)29-10-13-35-14-11-29)26(33)24-28-22-7-4-5-8-23(22)30(24)9-6-12-34-3;3-2(4,5)1(6)7/h4-5,7-8,19-21,27H,6,9-18H2,1-3H3;(H,6,7)/t20-,21+;/m1./s1. The van der Waals surface area contributed by atoms with Crippen molar-refractivity contribution in [3.63, 3.8) is 0 Å². The molecule has 3 heterocycles. The van der Waals surface area contributed by atoms with Gasteiger partial charge in [0.15, 0.2) is 5.82 Å². The molecule has 0 spiro atoms. The number of fused-ring (bicyclic) bond motifs is 1. The average Bonchev–Trinajstić information content (AvgIpc) is 3.34. The predicted molar refractivity (Wildman–Crippen MR) is 148 cm³/mol. The van der Waals surface area contributed by atoms with E-state index in [9.17, 15) is 22.8 Å². The van der Waals surface area contributed by atoms with E-state index in [0.717, 1.165) is 17.5 Å². The van der Waals surface area contributed by atoms with E-state index in [0.29, 0.717) is 77.3 Å². The minimum absolute atomic E-state index is 0.0686. The summed E-state index contributed by atoms with van der Waals surface area (Å²) >= 11 is 0. The van der Waals surface area contributed by atoms with Crippen LogP contribution < -0.4 is 5.32 Å². The van der Waals surface area contributed by atoms with Crippen molar-refractivity contribution in [1.82, 2.24) is 24.7 Å². The third kappa shape index (κ3) is 8.88. The number of aromatic nitrogens is 2. The number of morpholine rings is 1. The summed E-state index contributed by atoms with van der Waals surface area (Å²) in [6, 6.07) is 7.81. The first-order chi connectivity index (χ1) is 19.9. The van der Waals surface area contributed by atoms with Crippen molar-refractivity contribution >= 4 is 28.8 Å². The molecule has 2 aliphatic heterocycles. The smallest absolute Gasteiger partial charge is 0.475 e. The Bertz CT molecular complexity index is 1200. The normalized spacial score (nSPS) is 19.4. The van der Waals surface area contributed by atoms with Gasteiger partial charge in [-0.15, -0.1) is 0 Å². The lowest BCUT2D eigenvalue weighted by atomic mass is 9.92. The Morgan fingerprint density at radius 3 is 2.48 bits per heavy atom. The molecule has 2 aliphatic rings.